The zero-order valence-electron chi connectivity index (χ0n) is 5.97. The number of aromatic nitrogens is 1. The number of hydrogen-bond donors (Lipinski definition) is 0. The van der Waals surface area contributed by atoms with E-state index in [0.717, 1.165) is 0 Å². The first-order chi connectivity index (χ1) is 5.27. The summed E-state index contributed by atoms with van der Waals surface area (Å²) in [6.07, 6.45) is 5.14. The van der Waals surface area contributed by atoms with Gasteiger partial charge in [-0.05, 0) is 18.1 Å². The summed E-state index contributed by atoms with van der Waals surface area (Å²) in [6.45, 7) is 0. The summed E-state index contributed by atoms with van der Waals surface area (Å²) in [7, 11) is 1.53. The van der Waals surface area contributed by atoms with E-state index in [-0.39, 0.29) is 0 Å². The highest BCUT2D eigenvalue weighted by atomic mass is 35.5. The number of pyridine rings is 1. The Labute approximate surface area is 70.2 Å². The molecule has 0 saturated heterocycles. The molecule has 1 rings (SSSR count). The molecular formula is C8H6ClNO. The van der Waals surface area contributed by atoms with E-state index in [1.807, 2.05) is 0 Å². The van der Waals surface area contributed by atoms with E-state index in [9.17, 15) is 0 Å². The molecule has 0 radical (unpaired) electrons. The summed E-state index contributed by atoms with van der Waals surface area (Å²) < 4.78 is 4.93. The van der Waals surface area contributed by atoms with Crippen LogP contribution < -0.4 is 4.74 Å². The highest BCUT2D eigenvalue weighted by Crippen LogP contribution is 2.17. The van der Waals surface area contributed by atoms with Crippen LogP contribution in [0.2, 0.25) is 5.15 Å². The summed E-state index contributed by atoms with van der Waals surface area (Å²) >= 11 is 5.59. The molecule has 2 nitrogen and oxygen atoms in total. The van der Waals surface area contributed by atoms with E-state index in [1.54, 1.807) is 12.1 Å². The lowest BCUT2D eigenvalue weighted by Gasteiger charge is -2.00. The van der Waals surface area contributed by atoms with Gasteiger partial charge in [-0.15, -0.1) is 6.42 Å². The van der Waals surface area contributed by atoms with Gasteiger partial charge in [0.25, 0.3) is 0 Å². The Bertz CT molecular complexity index is 303. The molecule has 0 aliphatic rings. The highest BCUT2D eigenvalue weighted by Gasteiger charge is 2.00. The molecule has 3 heteroatoms. The molecule has 56 valence electrons. The largest absolute Gasteiger partial charge is 0.494 e. The van der Waals surface area contributed by atoms with Crippen LogP contribution in [-0.2, 0) is 0 Å². The average Bonchev–Trinajstić information content (AvgIpc) is 2.04. The van der Waals surface area contributed by atoms with Crippen molar-refractivity contribution in [2.24, 2.45) is 0 Å². The molecule has 0 unspecified atom stereocenters. The summed E-state index contributed by atoms with van der Waals surface area (Å²) in [6, 6.07) is 3.31. The van der Waals surface area contributed by atoms with Gasteiger partial charge in [0.05, 0.1) is 7.11 Å². The predicted octanol–water partition coefficient (Wildman–Crippen LogP) is 1.72. The Hall–Kier alpha value is -1.20. The molecule has 0 saturated carbocycles. The molecule has 11 heavy (non-hydrogen) atoms. The van der Waals surface area contributed by atoms with Crippen LogP contribution in [0.1, 0.15) is 5.69 Å². The number of ether oxygens (including phenoxy) is 1. The van der Waals surface area contributed by atoms with E-state index < -0.39 is 0 Å². The van der Waals surface area contributed by atoms with Gasteiger partial charge in [0.2, 0.25) is 0 Å². The van der Waals surface area contributed by atoms with Crippen LogP contribution >= 0.6 is 11.6 Å². The van der Waals surface area contributed by atoms with Gasteiger partial charge in [-0.25, -0.2) is 4.98 Å². The van der Waals surface area contributed by atoms with Crippen LogP contribution in [0, 0.1) is 12.3 Å². The van der Waals surface area contributed by atoms with Crippen molar-refractivity contribution in [1.29, 1.82) is 0 Å². The van der Waals surface area contributed by atoms with Gasteiger partial charge in [0.15, 0.2) is 11.4 Å². The molecule has 0 bridgehead atoms. The molecule has 0 N–H and O–H groups in total. The Kier molecular flexibility index (Phi) is 2.35. The number of methoxy groups -OCH3 is 1. The van der Waals surface area contributed by atoms with E-state index in [4.69, 9.17) is 22.8 Å². The first-order valence-electron chi connectivity index (χ1n) is 2.95. The van der Waals surface area contributed by atoms with E-state index in [1.165, 1.54) is 7.11 Å². The first-order valence-corrected chi connectivity index (χ1v) is 3.33. The van der Waals surface area contributed by atoms with E-state index in [2.05, 4.69) is 10.9 Å². The zero-order chi connectivity index (χ0) is 8.27. The van der Waals surface area contributed by atoms with Gasteiger partial charge in [-0.1, -0.05) is 11.6 Å². The molecule has 0 amide bonds. The van der Waals surface area contributed by atoms with Gasteiger partial charge in [0.1, 0.15) is 5.15 Å². The quantitative estimate of drug-likeness (QED) is 0.470. The number of halogens is 1. The minimum atomic E-state index is 0.374. The van der Waals surface area contributed by atoms with Crippen LogP contribution in [0.25, 0.3) is 0 Å². The van der Waals surface area contributed by atoms with Crippen LogP contribution in [0.5, 0.6) is 5.75 Å². The van der Waals surface area contributed by atoms with Crippen LogP contribution in [0.15, 0.2) is 12.1 Å². The maximum absolute atomic E-state index is 5.59. The minimum Gasteiger partial charge on any atom is -0.494 e. The van der Waals surface area contributed by atoms with Crippen LogP contribution in [0.3, 0.4) is 0 Å². The third-order valence-corrected chi connectivity index (χ3v) is 1.39. The van der Waals surface area contributed by atoms with Crippen molar-refractivity contribution in [3.63, 3.8) is 0 Å². The number of hydrogen-bond acceptors (Lipinski definition) is 2. The monoisotopic (exact) mass is 167 g/mol. The van der Waals surface area contributed by atoms with Crippen molar-refractivity contribution in [3.05, 3.63) is 23.0 Å². The normalized spacial score (nSPS) is 8.82. The highest BCUT2D eigenvalue weighted by molar-refractivity contribution is 6.29. The zero-order valence-corrected chi connectivity index (χ0v) is 6.72. The van der Waals surface area contributed by atoms with Crippen molar-refractivity contribution in [2.45, 2.75) is 0 Å². The van der Waals surface area contributed by atoms with Gasteiger partial charge in [-0.3, -0.25) is 0 Å². The van der Waals surface area contributed by atoms with Crippen molar-refractivity contribution < 1.29 is 4.74 Å². The van der Waals surface area contributed by atoms with E-state index in [0.29, 0.717) is 16.6 Å². The SMILES string of the molecule is C#Cc1nc(Cl)ccc1OC. The lowest BCUT2D eigenvalue weighted by atomic mass is 10.3. The third kappa shape index (κ3) is 1.63. The Morgan fingerprint density at radius 1 is 1.64 bits per heavy atom. The number of rotatable bonds is 1. The molecule has 0 aliphatic heterocycles. The third-order valence-electron chi connectivity index (χ3n) is 1.18. The second kappa shape index (κ2) is 3.27. The fourth-order valence-electron chi connectivity index (χ4n) is 0.691. The maximum Gasteiger partial charge on any atom is 0.156 e. The summed E-state index contributed by atoms with van der Waals surface area (Å²) in [5.41, 5.74) is 0.431. The Balaban J connectivity index is 3.19. The van der Waals surface area contributed by atoms with Gasteiger partial charge in [-0.2, -0.15) is 0 Å². The van der Waals surface area contributed by atoms with Crippen molar-refractivity contribution >= 4 is 11.6 Å². The fraction of sp³-hybridized carbons (Fsp3) is 0.125. The summed E-state index contributed by atoms with van der Waals surface area (Å²) in [4.78, 5) is 3.87. The topological polar surface area (TPSA) is 22.1 Å². The molecule has 0 aromatic carbocycles. The fourth-order valence-corrected chi connectivity index (χ4v) is 0.838. The molecule has 0 aliphatic carbocycles. The molecular weight excluding hydrogens is 162 g/mol. The number of terminal acetylenes is 1. The van der Waals surface area contributed by atoms with Crippen LogP contribution in [-0.4, -0.2) is 12.1 Å². The molecule has 0 spiro atoms. The minimum absolute atomic E-state index is 0.374. The second-order valence-electron chi connectivity index (χ2n) is 1.83. The molecule has 0 atom stereocenters. The molecule has 0 fully saturated rings. The Morgan fingerprint density at radius 3 is 2.91 bits per heavy atom. The Morgan fingerprint density at radius 2 is 2.36 bits per heavy atom. The molecule has 1 heterocycles. The summed E-state index contributed by atoms with van der Waals surface area (Å²) in [5, 5.41) is 0.374. The van der Waals surface area contributed by atoms with Crippen molar-refractivity contribution in [2.75, 3.05) is 7.11 Å². The van der Waals surface area contributed by atoms with Crippen LogP contribution in [0.4, 0.5) is 0 Å². The number of nitrogens with zero attached hydrogens (tertiary/aromatic N) is 1. The standard InChI is InChI=1S/C8H6ClNO/c1-3-6-7(11-2)4-5-8(9)10-6/h1,4-5H,2H3. The first kappa shape index (κ1) is 7.90. The molecule has 1 aromatic heterocycles. The lowest BCUT2D eigenvalue weighted by molar-refractivity contribution is 0.411. The molecule has 1 aromatic rings. The van der Waals surface area contributed by atoms with E-state index >= 15 is 0 Å². The smallest absolute Gasteiger partial charge is 0.156 e. The summed E-state index contributed by atoms with van der Waals surface area (Å²) in [5.74, 6) is 2.93. The average molecular weight is 168 g/mol. The predicted molar refractivity (Wildman–Crippen MR) is 43.7 cm³/mol. The van der Waals surface area contributed by atoms with Crippen molar-refractivity contribution in [1.82, 2.24) is 4.98 Å². The second-order valence-corrected chi connectivity index (χ2v) is 2.22. The van der Waals surface area contributed by atoms with Gasteiger partial charge >= 0.3 is 0 Å². The lowest BCUT2D eigenvalue weighted by Crippen LogP contribution is -1.90. The van der Waals surface area contributed by atoms with Gasteiger partial charge < -0.3 is 4.74 Å². The van der Waals surface area contributed by atoms with Gasteiger partial charge in [0, 0.05) is 0 Å². The van der Waals surface area contributed by atoms with Crippen molar-refractivity contribution in [3.8, 4) is 18.1 Å². The maximum atomic E-state index is 5.59.